The van der Waals surface area contributed by atoms with Crippen LogP contribution in [0.25, 0.3) is 0 Å². The number of hydrogen-bond donors (Lipinski definition) is 0. The molecule has 1 atom stereocenters. The highest BCUT2D eigenvalue weighted by Gasteiger charge is 2.11. The summed E-state index contributed by atoms with van der Waals surface area (Å²) in [6.45, 7) is 6.86. The first-order chi connectivity index (χ1) is 7.83. The average molecular weight is 218 g/mol. The molecule has 0 bridgehead atoms. The summed E-state index contributed by atoms with van der Waals surface area (Å²) in [7, 11) is 0. The summed E-state index contributed by atoms with van der Waals surface area (Å²) in [5, 5.41) is 0. The molecule has 1 aromatic carbocycles. The Morgan fingerprint density at radius 1 is 1.00 bits per heavy atom. The predicted molar refractivity (Wildman–Crippen MR) is 73.0 cm³/mol. The van der Waals surface area contributed by atoms with Crippen molar-refractivity contribution in [3.63, 3.8) is 0 Å². The van der Waals surface area contributed by atoms with Crippen molar-refractivity contribution in [1.29, 1.82) is 0 Å². The molecule has 0 amide bonds. The molecule has 0 aliphatic rings. The van der Waals surface area contributed by atoms with E-state index in [1.807, 2.05) is 0 Å². The van der Waals surface area contributed by atoms with Gasteiger partial charge < -0.3 is 0 Å². The quantitative estimate of drug-likeness (QED) is 0.543. The van der Waals surface area contributed by atoms with Gasteiger partial charge in [-0.05, 0) is 36.3 Å². The number of aryl methyl sites for hydroxylation is 1. The zero-order valence-corrected chi connectivity index (χ0v) is 11.1. The minimum absolute atomic E-state index is 0.780. The Bertz CT molecular complexity index is 288. The fourth-order valence-electron chi connectivity index (χ4n) is 2.47. The van der Waals surface area contributed by atoms with Crippen LogP contribution >= 0.6 is 0 Å². The molecule has 0 heterocycles. The lowest BCUT2D eigenvalue weighted by Crippen LogP contribution is -2.01. The largest absolute Gasteiger partial charge is 0.0654 e. The van der Waals surface area contributed by atoms with Crippen molar-refractivity contribution in [2.24, 2.45) is 0 Å². The molecule has 0 nitrogen and oxygen atoms in total. The minimum atomic E-state index is 0.780. The van der Waals surface area contributed by atoms with Crippen molar-refractivity contribution in [2.45, 2.75) is 65.2 Å². The van der Waals surface area contributed by atoms with E-state index in [0.29, 0.717) is 0 Å². The molecular formula is C16H26. The smallest absolute Gasteiger partial charge is 0.0162 e. The zero-order chi connectivity index (χ0) is 11.8. The number of benzene rings is 1. The van der Waals surface area contributed by atoms with E-state index < -0.39 is 0 Å². The summed E-state index contributed by atoms with van der Waals surface area (Å²) < 4.78 is 0. The Hall–Kier alpha value is -0.780. The Kier molecular flexibility index (Phi) is 6.22. The van der Waals surface area contributed by atoms with E-state index in [0.717, 1.165) is 5.92 Å². The van der Waals surface area contributed by atoms with E-state index in [-0.39, 0.29) is 0 Å². The molecule has 0 saturated heterocycles. The van der Waals surface area contributed by atoms with Crippen LogP contribution in [0, 0.1) is 0 Å². The van der Waals surface area contributed by atoms with Crippen molar-refractivity contribution >= 4 is 0 Å². The van der Waals surface area contributed by atoms with Crippen LogP contribution in [0.5, 0.6) is 0 Å². The van der Waals surface area contributed by atoms with E-state index in [1.165, 1.54) is 38.5 Å². The molecule has 0 radical (unpaired) electrons. The normalized spacial score (nSPS) is 12.7. The lowest BCUT2D eigenvalue weighted by Gasteiger charge is -2.18. The second kappa shape index (κ2) is 7.49. The van der Waals surface area contributed by atoms with Crippen molar-refractivity contribution < 1.29 is 0 Å². The highest BCUT2D eigenvalue weighted by molar-refractivity contribution is 5.30. The minimum Gasteiger partial charge on any atom is -0.0654 e. The summed E-state index contributed by atoms with van der Waals surface area (Å²) in [5.41, 5.74) is 3.15. The molecule has 0 heteroatoms. The first-order valence-electron chi connectivity index (χ1n) is 6.91. The molecule has 0 aliphatic carbocycles. The summed E-state index contributed by atoms with van der Waals surface area (Å²) in [5.74, 6) is 0.780. The van der Waals surface area contributed by atoms with Gasteiger partial charge in [-0.2, -0.15) is 0 Å². The highest BCUT2D eigenvalue weighted by atomic mass is 14.2. The van der Waals surface area contributed by atoms with Crippen LogP contribution in [0.2, 0.25) is 0 Å². The molecule has 0 fully saturated rings. The van der Waals surface area contributed by atoms with Gasteiger partial charge in [0.05, 0.1) is 0 Å². The highest BCUT2D eigenvalue weighted by Crippen LogP contribution is 2.28. The molecule has 1 rings (SSSR count). The van der Waals surface area contributed by atoms with Crippen LogP contribution < -0.4 is 0 Å². The predicted octanol–water partition coefficient (Wildman–Crippen LogP) is 5.32. The van der Waals surface area contributed by atoms with E-state index >= 15 is 0 Å². The molecule has 0 aromatic heterocycles. The lowest BCUT2D eigenvalue weighted by molar-refractivity contribution is 0.550. The van der Waals surface area contributed by atoms with E-state index in [9.17, 15) is 0 Å². The fraction of sp³-hybridized carbons (Fsp3) is 0.625. The first kappa shape index (κ1) is 13.3. The van der Waals surface area contributed by atoms with Gasteiger partial charge in [0, 0.05) is 0 Å². The van der Waals surface area contributed by atoms with Gasteiger partial charge in [0.2, 0.25) is 0 Å². The molecular weight excluding hydrogens is 192 g/mol. The Morgan fingerprint density at radius 3 is 2.38 bits per heavy atom. The van der Waals surface area contributed by atoms with Gasteiger partial charge in [0.15, 0.2) is 0 Å². The van der Waals surface area contributed by atoms with Crippen LogP contribution in [-0.2, 0) is 6.42 Å². The summed E-state index contributed by atoms with van der Waals surface area (Å²) in [6.07, 6.45) is 7.90. The van der Waals surface area contributed by atoms with Crippen LogP contribution in [0.3, 0.4) is 0 Å². The first-order valence-corrected chi connectivity index (χ1v) is 6.91. The second-order valence-corrected chi connectivity index (χ2v) is 4.65. The van der Waals surface area contributed by atoms with Gasteiger partial charge in [-0.3, -0.25) is 0 Å². The van der Waals surface area contributed by atoms with Crippen molar-refractivity contribution in [3.05, 3.63) is 35.4 Å². The fourth-order valence-corrected chi connectivity index (χ4v) is 2.47. The maximum absolute atomic E-state index is 2.33. The third-order valence-corrected chi connectivity index (χ3v) is 3.52. The summed E-state index contributed by atoms with van der Waals surface area (Å²) in [4.78, 5) is 0. The van der Waals surface area contributed by atoms with Gasteiger partial charge >= 0.3 is 0 Å². The van der Waals surface area contributed by atoms with Gasteiger partial charge in [0.25, 0.3) is 0 Å². The van der Waals surface area contributed by atoms with Crippen molar-refractivity contribution in [2.75, 3.05) is 0 Å². The number of unbranched alkanes of at least 4 members (excludes halogenated alkanes) is 2. The van der Waals surface area contributed by atoms with Gasteiger partial charge in [0.1, 0.15) is 0 Å². The molecule has 16 heavy (non-hydrogen) atoms. The van der Waals surface area contributed by atoms with Crippen LogP contribution in [-0.4, -0.2) is 0 Å². The van der Waals surface area contributed by atoms with Crippen LogP contribution in [0.15, 0.2) is 24.3 Å². The third kappa shape index (κ3) is 3.66. The maximum Gasteiger partial charge on any atom is -0.0162 e. The van der Waals surface area contributed by atoms with Crippen molar-refractivity contribution in [3.8, 4) is 0 Å². The third-order valence-electron chi connectivity index (χ3n) is 3.52. The number of rotatable bonds is 7. The monoisotopic (exact) mass is 218 g/mol. The molecule has 0 N–H and O–H groups in total. The Balaban J connectivity index is 2.69. The molecule has 90 valence electrons. The lowest BCUT2D eigenvalue weighted by atomic mass is 9.87. The Morgan fingerprint density at radius 2 is 1.75 bits per heavy atom. The van der Waals surface area contributed by atoms with E-state index in [2.05, 4.69) is 45.0 Å². The standard InChI is InChI=1S/C16H26/c1-4-7-8-11-14(5-2)16-13-10-9-12-15(16)6-3/h9-10,12-14H,4-8,11H2,1-3H3. The molecule has 1 unspecified atom stereocenters. The molecule has 0 saturated carbocycles. The van der Waals surface area contributed by atoms with Crippen LogP contribution in [0.4, 0.5) is 0 Å². The zero-order valence-electron chi connectivity index (χ0n) is 11.1. The van der Waals surface area contributed by atoms with Crippen molar-refractivity contribution in [1.82, 2.24) is 0 Å². The maximum atomic E-state index is 2.33. The number of hydrogen-bond acceptors (Lipinski definition) is 0. The van der Waals surface area contributed by atoms with Gasteiger partial charge in [-0.25, -0.2) is 0 Å². The summed E-state index contributed by atoms with van der Waals surface area (Å²) in [6, 6.07) is 8.98. The van der Waals surface area contributed by atoms with Gasteiger partial charge in [-0.15, -0.1) is 0 Å². The topological polar surface area (TPSA) is 0 Å². The summed E-state index contributed by atoms with van der Waals surface area (Å²) >= 11 is 0. The second-order valence-electron chi connectivity index (χ2n) is 4.65. The van der Waals surface area contributed by atoms with E-state index in [4.69, 9.17) is 0 Å². The molecule has 0 spiro atoms. The SMILES string of the molecule is CCCCCC(CC)c1ccccc1CC. The van der Waals surface area contributed by atoms with Crippen LogP contribution in [0.1, 0.15) is 69.9 Å². The molecule has 1 aromatic rings. The Labute approximate surface area is 101 Å². The molecule has 0 aliphatic heterocycles. The average Bonchev–Trinajstić information content (AvgIpc) is 2.35. The van der Waals surface area contributed by atoms with Gasteiger partial charge in [-0.1, -0.05) is 64.3 Å². The van der Waals surface area contributed by atoms with E-state index in [1.54, 1.807) is 11.1 Å².